The summed E-state index contributed by atoms with van der Waals surface area (Å²) in [4.78, 5) is 17.0. The van der Waals surface area contributed by atoms with Crippen molar-refractivity contribution < 1.29 is 9.53 Å². The summed E-state index contributed by atoms with van der Waals surface area (Å²) in [5.41, 5.74) is 3.55. The number of carbonyl (C=O) groups is 1. The van der Waals surface area contributed by atoms with E-state index in [0.717, 1.165) is 21.3 Å². The zero-order valence-electron chi connectivity index (χ0n) is 12.6. The number of hydrogen-bond acceptors (Lipinski definition) is 4. The topological polar surface area (TPSA) is 51.2 Å². The van der Waals surface area contributed by atoms with Crippen LogP contribution in [-0.4, -0.2) is 18.0 Å². The first-order valence-electron chi connectivity index (χ1n) is 6.90. The van der Waals surface area contributed by atoms with Crippen LogP contribution in [0.1, 0.15) is 21.5 Å². The molecule has 0 aliphatic carbocycles. The van der Waals surface area contributed by atoms with Crippen LogP contribution in [0.4, 0.5) is 5.13 Å². The second-order valence-electron chi connectivity index (χ2n) is 5.10. The van der Waals surface area contributed by atoms with Crippen LogP contribution in [0.3, 0.4) is 0 Å². The number of ether oxygens (including phenoxy) is 1. The van der Waals surface area contributed by atoms with Gasteiger partial charge in [-0.05, 0) is 37.6 Å². The maximum absolute atomic E-state index is 12.5. The van der Waals surface area contributed by atoms with Gasteiger partial charge in [-0.25, -0.2) is 4.98 Å². The smallest absolute Gasteiger partial charge is 0.261 e. The average Bonchev–Trinajstić information content (AvgIpc) is 2.91. The van der Waals surface area contributed by atoms with Crippen molar-refractivity contribution in [2.24, 2.45) is 0 Å². The summed E-state index contributed by atoms with van der Waals surface area (Å²) >= 11 is 1.47. The molecule has 0 atom stereocenters. The Morgan fingerprint density at radius 3 is 2.77 bits per heavy atom. The van der Waals surface area contributed by atoms with E-state index in [-0.39, 0.29) is 5.91 Å². The number of para-hydroxylation sites is 1. The van der Waals surface area contributed by atoms with Crippen molar-refractivity contribution in [2.75, 3.05) is 12.4 Å². The lowest BCUT2D eigenvalue weighted by Gasteiger charge is -2.08. The van der Waals surface area contributed by atoms with Crippen molar-refractivity contribution in [1.82, 2.24) is 4.98 Å². The standard InChI is InChI=1S/C17H16N2O2S/c1-10-7-8-13(21-3)12(9-10)16(20)19-17-18-15-11(2)5-4-6-14(15)22-17/h4-9H,1-3H3,(H,18,19,20). The van der Waals surface area contributed by atoms with Crippen molar-refractivity contribution in [3.05, 3.63) is 53.1 Å². The minimum Gasteiger partial charge on any atom is -0.496 e. The maximum Gasteiger partial charge on any atom is 0.261 e. The van der Waals surface area contributed by atoms with Crippen LogP contribution in [-0.2, 0) is 0 Å². The van der Waals surface area contributed by atoms with E-state index in [9.17, 15) is 4.79 Å². The number of hydrogen-bond donors (Lipinski definition) is 1. The number of rotatable bonds is 3. The van der Waals surface area contributed by atoms with E-state index < -0.39 is 0 Å². The third-order valence-corrected chi connectivity index (χ3v) is 4.38. The number of benzene rings is 2. The van der Waals surface area contributed by atoms with E-state index in [2.05, 4.69) is 10.3 Å². The molecular formula is C17H16N2O2S. The zero-order chi connectivity index (χ0) is 15.7. The molecule has 0 aliphatic rings. The molecule has 0 unspecified atom stereocenters. The molecule has 1 aromatic heterocycles. The van der Waals surface area contributed by atoms with E-state index in [0.29, 0.717) is 16.4 Å². The first-order valence-corrected chi connectivity index (χ1v) is 7.72. The Bertz CT molecular complexity index is 855. The second-order valence-corrected chi connectivity index (χ2v) is 6.13. The van der Waals surface area contributed by atoms with Gasteiger partial charge in [0.2, 0.25) is 0 Å². The summed E-state index contributed by atoms with van der Waals surface area (Å²) in [7, 11) is 1.56. The minimum absolute atomic E-state index is 0.211. The maximum atomic E-state index is 12.5. The molecule has 0 radical (unpaired) electrons. The second kappa shape index (κ2) is 5.77. The molecule has 2 aromatic carbocycles. The van der Waals surface area contributed by atoms with Crippen LogP contribution in [0.15, 0.2) is 36.4 Å². The molecule has 3 rings (SSSR count). The van der Waals surface area contributed by atoms with Gasteiger partial charge in [0.1, 0.15) is 5.75 Å². The lowest BCUT2D eigenvalue weighted by Crippen LogP contribution is -2.13. The highest BCUT2D eigenvalue weighted by molar-refractivity contribution is 7.22. The number of aryl methyl sites for hydroxylation is 2. The number of aromatic nitrogens is 1. The highest BCUT2D eigenvalue weighted by Gasteiger charge is 2.15. The van der Waals surface area contributed by atoms with E-state index >= 15 is 0 Å². The molecule has 0 aliphatic heterocycles. The molecule has 112 valence electrons. The fourth-order valence-electron chi connectivity index (χ4n) is 2.30. The van der Waals surface area contributed by atoms with Crippen molar-refractivity contribution in [1.29, 1.82) is 0 Å². The predicted molar refractivity (Wildman–Crippen MR) is 90.0 cm³/mol. The Balaban J connectivity index is 1.93. The summed E-state index contributed by atoms with van der Waals surface area (Å²) < 4.78 is 6.32. The van der Waals surface area contributed by atoms with E-state index in [1.165, 1.54) is 11.3 Å². The summed E-state index contributed by atoms with van der Waals surface area (Å²) in [6.07, 6.45) is 0. The molecule has 3 aromatic rings. The van der Waals surface area contributed by atoms with Crippen LogP contribution in [0.2, 0.25) is 0 Å². The number of methoxy groups -OCH3 is 1. The Hall–Kier alpha value is -2.40. The van der Waals surface area contributed by atoms with E-state index in [1.54, 1.807) is 13.2 Å². The molecule has 1 heterocycles. The van der Waals surface area contributed by atoms with Gasteiger partial charge in [0.15, 0.2) is 5.13 Å². The molecule has 0 saturated heterocycles. The lowest BCUT2D eigenvalue weighted by molar-refractivity contribution is 0.102. The number of amides is 1. The van der Waals surface area contributed by atoms with Gasteiger partial charge in [0.05, 0.1) is 22.9 Å². The molecule has 5 heteroatoms. The zero-order valence-corrected chi connectivity index (χ0v) is 13.5. The third kappa shape index (κ3) is 2.67. The Kier molecular flexibility index (Phi) is 3.81. The molecule has 0 fully saturated rings. The fraction of sp³-hybridized carbons (Fsp3) is 0.176. The quantitative estimate of drug-likeness (QED) is 0.789. The van der Waals surface area contributed by atoms with Crippen molar-refractivity contribution >= 4 is 32.6 Å². The van der Waals surface area contributed by atoms with Crippen LogP contribution in [0.25, 0.3) is 10.2 Å². The van der Waals surface area contributed by atoms with Gasteiger partial charge in [-0.1, -0.05) is 35.1 Å². The largest absolute Gasteiger partial charge is 0.496 e. The SMILES string of the molecule is COc1ccc(C)cc1C(=O)Nc1nc2c(C)cccc2s1. The van der Waals surface area contributed by atoms with Crippen molar-refractivity contribution in [2.45, 2.75) is 13.8 Å². The van der Waals surface area contributed by atoms with Gasteiger partial charge in [-0.15, -0.1) is 0 Å². The summed E-state index contributed by atoms with van der Waals surface area (Å²) in [5, 5.41) is 3.46. The molecule has 1 amide bonds. The van der Waals surface area contributed by atoms with Crippen LogP contribution < -0.4 is 10.1 Å². The van der Waals surface area contributed by atoms with Gasteiger partial charge in [0.25, 0.3) is 5.91 Å². The van der Waals surface area contributed by atoms with Gasteiger partial charge >= 0.3 is 0 Å². The van der Waals surface area contributed by atoms with E-state index in [4.69, 9.17) is 4.74 Å². The molecule has 0 saturated carbocycles. The molecule has 0 bridgehead atoms. The Morgan fingerprint density at radius 1 is 1.23 bits per heavy atom. The first kappa shape index (κ1) is 14.5. The van der Waals surface area contributed by atoms with Gasteiger partial charge < -0.3 is 4.74 Å². The van der Waals surface area contributed by atoms with Crippen molar-refractivity contribution in [3.8, 4) is 5.75 Å². The third-order valence-electron chi connectivity index (χ3n) is 3.44. The predicted octanol–water partition coefficient (Wildman–Crippen LogP) is 4.17. The highest BCUT2D eigenvalue weighted by Crippen LogP contribution is 2.29. The number of carbonyl (C=O) groups excluding carboxylic acids is 1. The van der Waals surface area contributed by atoms with Gasteiger partial charge in [0, 0.05) is 0 Å². The average molecular weight is 312 g/mol. The van der Waals surface area contributed by atoms with Crippen LogP contribution in [0.5, 0.6) is 5.75 Å². The molecule has 1 N–H and O–H groups in total. The summed E-state index contributed by atoms with van der Waals surface area (Å²) in [6, 6.07) is 11.5. The lowest BCUT2D eigenvalue weighted by atomic mass is 10.1. The Morgan fingerprint density at radius 2 is 2.05 bits per heavy atom. The number of anilines is 1. The Labute approximate surface area is 132 Å². The molecular weight excluding hydrogens is 296 g/mol. The summed E-state index contributed by atoms with van der Waals surface area (Å²) in [6.45, 7) is 3.95. The minimum atomic E-state index is -0.211. The van der Waals surface area contributed by atoms with E-state index in [1.807, 2.05) is 44.2 Å². The van der Waals surface area contributed by atoms with Crippen LogP contribution >= 0.6 is 11.3 Å². The van der Waals surface area contributed by atoms with Gasteiger partial charge in [-0.2, -0.15) is 0 Å². The highest BCUT2D eigenvalue weighted by atomic mass is 32.1. The number of nitrogens with one attached hydrogen (secondary N) is 1. The van der Waals surface area contributed by atoms with Crippen molar-refractivity contribution in [3.63, 3.8) is 0 Å². The molecule has 4 nitrogen and oxygen atoms in total. The monoisotopic (exact) mass is 312 g/mol. The first-order chi connectivity index (χ1) is 10.6. The summed E-state index contributed by atoms with van der Waals surface area (Å²) in [5.74, 6) is 0.345. The molecule has 22 heavy (non-hydrogen) atoms. The molecule has 0 spiro atoms. The number of thiazole rings is 1. The van der Waals surface area contributed by atoms with Crippen LogP contribution in [0, 0.1) is 13.8 Å². The fourth-order valence-corrected chi connectivity index (χ4v) is 3.24. The number of fused-ring (bicyclic) bond motifs is 1. The van der Waals surface area contributed by atoms with Gasteiger partial charge in [-0.3, -0.25) is 10.1 Å². The number of nitrogens with zero attached hydrogens (tertiary/aromatic N) is 1. The normalized spacial score (nSPS) is 10.7.